The van der Waals surface area contributed by atoms with Crippen LogP contribution in [0.3, 0.4) is 0 Å². The summed E-state index contributed by atoms with van der Waals surface area (Å²) in [5.41, 5.74) is 3.05. The fourth-order valence-corrected chi connectivity index (χ4v) is 3.73. The van der Waals surface area contributed by atoms with Crippen molar-refractivity contribution >= 4 is 0 Å². The molecule has 0 saturated carbocycles. The highest BCUT2D eigenvalue weighted by Gasteiger charge is 2.06. The Morgan fingerprint density at radius 3 is 1.56 bits per heavy atom. The third-order valence-electron chi connectivity index (χ3n) is 5.48. The first-order chi connectivity index (χ1) is 12.3. The minimum Gasteiger partial charge on any atom is -0.205 e. The molecule has 25 heavy (non-hydrogen) atoms. The molecule has 0 aliphatic rings. The van der Waals surface area contributed by atoms with E-state index in [4.69, 9.17) is 0 Å². The zero-order valence-corrected chi connectivity index (χ0v) is 17.5. The highest BCUT2D eigenvalue weighted by Crippen LogP contribution is 2.12. The predicted molar refractivity (Wildman–Crippen MR) is 111 cm³/mol. The fraction of sp³-hybridized carbons (Fsp3) is 0.792. The van der Waals surface area contributed by atoms with E-state index in [9.17, 15) is 0 Å². The van der Waals surface area contributed by atoms with Crippen molar-refractivity contribution in [2.75, 3.05) is 0 Å². The maximum atomic E-state index is 2.40. The normalized spacial score (nSPS) is 11.2. The van der Waals surface area contributed by atoms with Crippen molar-refractivity contribution in [1.82, 2.24) is 0 Å². The summed E-state index contributed by atoms with van der Waals surface area (Å²) in [4.78, 5) is 0. The van der Waals surface area contributed by atoms with Gasteiger partial charge in [0.25, 0.3) is 0 Å². The topological polar surface area (TPSA) is 3.88 Å². The van der Waals surface area contributed by atoms with E-state index >= 15 is 0 Å². The van der Waals surface area contributed by atoms with Crippen molar-refractivity contribution in [3.05, 3.63) is 29.6 Å². The first-order valence-electron chi connectivity index (χ1n) is 11.3. The molecule has 0 amide bonds. The molecule has 0 bridgehead atoms. The van der Waals surface area contributed by atoms with E-state index in [2.05, 4.69) is 43.8 Å². The second-order valence-electron chi connectivity index (χ2n) is 7.68. The Balaban J connectivity index is 1.95. The summed E-state index contributed by atoms with van der Waals surface area (Å²) in [5.74, 6) is 0. The molecular weight excluding hydrogens is 302 g/mol. The van der Waals surface area contributed by atoms with Crippen molar-refractivity contribution in [3.63, 3.8) is 0 Å². The van der Waals surface area contributed by atoms with Gasteiger partial charge in [0, 0.05) is 18.1 Å². The molecule has 0 fully saturated rings. The van der Waals surface area contributed by atoms with Crippen LogP contribution >= 0.6 is 0 Å². The van der Waals surface area contributed by atoms with Gasteiger partial charge in [-0.25, -0.2) is 4.57 Å². The molecule has 1 rings (SSSR count). The van der Waals surface area contributed by atoms with Gasteiger partial charge in [-0.1, -0.05) is 91.4 Å². The van der Waals surface area contributed by atoms with Crippen LogP contribution in [0.15, 0.2) is 18.5 Å². The van der Waals surface area contributed by atoms with Crippen LogP contribution in [0.25, 0.3) is 0 Å². The van der Waals surface area contributed by atoms with Gasteiger partial charge in [0.15, 0.2) is 12.4 Å². The summed E-state index contributed by atoms with van der Waals surface area (Å²) in [6.45, 7) is 8.01. The molecule has 144 valence electrons. The van der Waals surface area contributed by atoms with Gasteiger partial charge in [-0.2, -0.15) is 0 Å². The molecule has 0 unspecified atom stereocenters. The van der Waals surface area contributed by atoms with Gasteiger partial charge in [-0.05, 0) is 24.8 Å². The Morgan fingerprint density at radius 2 is 1.08 bits per heavy atom. The highest BCUT2D eigenvalue weighted by atomic mass is 14.9. The second-order valence-corrected chi connectivity index (χ2v) is 7.68. The van der Waals surface area contributed by atoms with E-state index in [1.807, 2.05) is 0 Å². The van der Waals surface area contributed by atoms with Crippen molar-refractivity contribution in [3.8, 4) is 0 Å². The van der Waals surface area contributed by atoms with Gasteiger partial charge in [0.05, 0.1) is 0 Å². The van der Waals surface area contributed by atoms with Crippen LogP contribution in [0.2, 0.25) is 0 Å². The zero-order valence-electron chi connectivity index (χ0n) is 17.5. The van der Waals surface area contributed by atoms with E-state index in [1.165, 1.54) is 101 Å². The molecule has 1 heterocycles. The molecule has 0 saturated heterocycles. The van der Waals surface area contributed by atoms with Gasteiger partial charge >= 0.3 is 0 Å². The number of nitrogens with zero attached hydrogens (tertiary/aromatic N) is 1. The number of aromatic nitrogens is 1. The van der Waals surface area contributed by atoms with Crippen molar-refractivity contribution in [1.29, 1.82) is 0 Å². The Hall–Kier alpha value is -0.850. The van der Waals surface area contributed by atoms with Crippen molar-refractivity contribution in [2.24, 2.45) is 0 Å². The quantitative estimate of drug-likeness (QED) is 0.220. The van der Waals surface area contributed by atoms with Crippen LogP contribution < -0.4 is 4.57 Å². The molecule has 0 spiro atoms. The van der Waals surface area contributed by atoms with Crippen molar-refractivity contribution < 1.29 is 4.57 Å². The maximum absolute atomic E-state index is 2.40. The van der Waals surface area contributed by atoms with E-state index in [0.29, 0.717) is 0 Å². The van der Waals surface area contributed by atoms with E-state index in [1.54, 1.807) is 0 Å². The Kier molecular flexibility index (Phi) is 13.7. The Morgan fingerprint density at radius 1 is 0.600 bits per heavy atom. The summed E-state index contributed by atoms with van der Waals surface area (Å²) in [5, 5.41) is 0. The average molecular weight is 347 g/mol. The van der Waals surface area contributed by atoms with Gasteiger partial charge in [-0.3, -0.25) is 0 Å². The molecular formula is C24H44N+. The lowest BCUT2D eigenvalue weighted by Gasteiger charge is -2.05. The van der Waals surface area contributed by atoms with Crippen LogP contribution in [0.5, 0.6) is 0 Å². The summed E-state index contributed by atoms with van der Waals surface area (Å²) < 4.78 is 2.40. The number of aryl methyl sites for hydroxylation is 3. The zero-order chi connectivity index (χ0) is 18.2. The third kappa shape index (κ3) is 10.7. The summed E-state index contributed by atoms with van der Waals surface area (Å²) >= 11 is 0. The predicted octanol–water partition coefficient (Wildman–Crippen LogP) is 7.19. The summed E-state index contributed by atoms with van der Waals surface area (Å²) in [6, 6.07) is 2.32. The standard InChI is InChI=1S/C24H44N/c1-4-7-8-9-10-11-12-13-14-15-16-17-18-20-25-21-19-23(5-2)24(6-3)22-25/h19,21-22H,4-18,20H2,1-3H3/q+1. The average Bonchev–Trinajstić information content (AvgIpc) is 2.65. The van der Waals surface area contributed by atoms with E-state index in [-0.39, 0.29) is 0 Å². The second kappa shape index (κ2) is 15.4. The first-order valence-corrected chi connectivity index (χ1v) is 11.3. The molecule has 1 heteroatoms. The van der Waals surface area contributed by atoms with Crippen LogP contribution in [0.4, 0.5) is 0 Å². The SMILES string of the molecule is CCCCCCCCCCCCCCC[n+]1ccc(CC)c(CC)c1. The van der Waals surface area contributed by atoms with E-state index < -0.39 is 0 Å². The van der Waals surface area contributed by atoms with Crippen molar-refractivity contribution in [2.45, 2.75) is 124 Å². The van der Waals surface area contributed by atoms with Gasteiger partial charge in [0.2, 0.25) is 0 Å². The van der Waals surface area contributed by atoms with Crippen LogP contribution in [-0.4, -0.2) is 0 Å². The molecule has 0 aliphatic heterocycles. The molecule has 1 nitrogen and oxygen atoms in total. The number of pyridine rings is 1. The fourth-order valence-electron chi connectivity index (χ4n) is 3.73. The van der Waals surface area contributed by atoms with Gasteiger partial charge < -0.3 is 0 Å². The number of hydrogen-bond donors (Lipinski definition) is 0. The van der Waals surface area contributed by atoms with Crippen LogP contribution in [0, 0.1) is 0 Å². The molecule has 0 N–H and O–H groups in total. The van der Waals surface area contributed by atoms with Crippen LogP contribution in [0.1, 0.15) is 115 Å². The largest absolute Gasteiger partial charge is 0.205 e. The lowest BCUT2D eigenvalue weighted by molar-refractivity contribution is -0.697. The summed E-state index contributed by atoms with van der Waals surface area (Å²) in [6.07, 6.45) is 25.6. The van der Waals surface area contributed by atoms with Gasteiger partial charge in [-0.15, -0.1) is 0 Å². The molecule has 0 aromatic carbocycles. The maximum Gasteiger partial charge on any atom is 0.172 e. The minimum absolute atomic E-state index is 1.16. The smallest absolute Gasteiger partial charge is 0.172 e. The minimum atomic E-state index is 1.16. The lowest BCUT2D eigenvalue weighted by Crippen LogP contribution is -2.33. The number of unbranched alkanes of at least 4 members (excludes halogenated alkanes) is 12. The molecule has 0 radical (unpaired) electrons. The third-order valence-corrected chi connectivity index (χ3v) is 5.48. The monoisotopic (exact) mass is 346 g/mol. The highest BCUT2D eigenvalue weighted by molar-refractivity contribution is 5.20. The van der Waals surface area contributed by atoms with Gasteiger partial charge in [0.1, 0.15) is 6.54 Å². The lowest BCUT2D eigenvalue weighted by atomic mass is 10.0. The summed E-state index contributed by atoms with van der Waals surface area (Å²) in [7, 11) is 0. The number of rotatable bonds is 16. The molecule has 1 aromatic rings. The molecule has 0 atom stereocenters. The molecule has 0 aliphatic carbocycles. The van der Waals surface area contributed by atoms with Crippen LogP contribution in [-0.2, 0) is 19.4 Å². The number of hydrogen-bond acceptors (Lipinski definition) is 0. The first kappa shape index (κ1) is 22.2. The Labute approximate surface area is 158 Å². The molecule has 1 aromatic heterocycles. The Bertz CT molecular complexity index is 424. The van der Waals surface area contributed by atoms with E-state index in [0.717, 1.165) is 12.8 Å².